The fourth-order valence-corrected chi connectivity index (χ4v) is 0.570. The lowest BCUT2D eigenvalue weighted by Gasteiger charge is -2.03. The molecule has 3 N–H and O–H groups in total. The van der Waals surface area contributed by atoms with Crippen LogP contribution in [0.25, 0.3) is 0 Å². The molecule has 3 nitrogen and oxygen atoms in total. The van der Waals surface area contributed by atoms with Gasteiger partial charge in [-0.1, -0.05) is 13.3 Å². The predicted octanol–water partition coefficient (Wildman–Crippen LogP) is -0.325. The summed E-state index contributed by atoms with van der Waals surface area (Å²) in [5.74, 6) is -0.267. The van der Waals surface area contributed by atoms with Gasteiger partial charge < -0.3 is 10.8 Å². The molecule has 0 aliphatic carbocycles. The monoisotopic (exact) mass is 131 g/mol. The molecule has 54 valence electrons. The van der Waals surface area contributed by atoms with Crippen LogP contribution < -0.4 is 5.73 Å². The van der Waals surface area contributed by atoms with Crippen molar-refractivity contribution < 1.29 is 9.90 Å². The van der Waals surface area contributed by atoms with E-state index in [1.54, 1.807) is 0 Å². The molecule has 9 heavy (non-hydrogen) atoms. The summed E-state index contributed by atoms with van der Waals surface area (Å²) in [6, 6.07) is 0. The Morgan fingerprint density at radius 1 is 1.78 bits per heavy atom. The molecule has 0 aromatic heterocycles. The molecule has 0 aromatic rings. The molecule has 0 rings (SSSR count). The van der Waals surface area contributed by atoms with Crippen LogP contribution in [0.2, 0.25) is 0 Å². The highest BCUT2D eigenvalue weighted by atomic mass is 16.3. The van der Waals surface area contributed by atoms with Crippen LogP contribution in [0.1, 0.15) is 19.8 Å². The van der Waals surface area contributed by atoms with Crippen molar-refractivity contribution in [1.82, 2.24) is 0 Å². The molecule has 3 heteroatoms. The van der Waals surface area contributed by atoms with Crippen molar-refractivity contribution in [3.8, 4) is 0 Å². The molecule has 0 saturated heterocycles. The van der Waals surface area contributed by atoms with E-state index in [4.69, 9.17) is 10.8 Å². The van der Waals surface area contributed by atoms with Crippen molar-refractivity contribution in [3.63, 3.8) is 0 Å². The second-order valence-corrected chi connectivity index (χ2v) is 1.97. The van der Waals surface area contributed by atoms with Crippen molar-refractivity contribution in [1.29, 1.82) is 0 Å². The Morgan fingerprint density at radius 3 is 2.67 bits per heavy atom. The average molecular weight is 131 g/mol. The highest BCUT2D eigenvalue weighted by Crippen LogP contribution is 1.95. The summed E-state index contributed by atoms with van der Waals surface area (Å²) in [4.78, 5) is 10.5. The first-order valence-electron chi connectivity index (χ1n) is 3.13. The zero-order valence-corrected chi connectivity index (χ0v) is 5.63. The largest absolute Gasteiger partial charge is 0.385 e. The lowest BCUT2D eigenvalue weighted by Crippen LogP contribution is -2.27. The maximum absolute atomic E-state index is 10.5. The van der Waals surface area contributed by atoms with E-state index >= 15 is 0 Å². The van der Waals surface area contributed by atoms with Crippen LogP contribution >= 0.6 is 0 Å². The van der Waals surface area contributed by atoms with Gasteiger partial charge in [0, 0.05) is 0 Å². The molecule has 0 aliphatic rings. The van der Waals surface area contributed by atoms with Gasteiger partial charge in [-0.2, -0.15) is 0 Å². The van der Waals surface area contributed by atoms with Crippen LogP contribution in [0.15, 0.2) is 0 Å². The maximum atomic E-state index is 10.5. The molecule has 0 saturated carbocycles. The highest BCUT2D eigenvalue weighted by Gasteiger charge is 2.10. The van der Waals surface area contributed by atoms with E-state index in [0.29, 0.717) is 6.42 Å². The van der Waals surface area contributed by atoms with Crippen molar-refractivity contribution in [3.05, 3.63) is 0 Å². The first-order valence-corrected chi connectivity index (χ1v) is 3.13. The minimum absolute atomic E-state index is 0.0544. The van der Waals surface area contributed by atoms with Gasteiger partial charge in [0.1, 0.15) is 6.10 Å². The van der Waals surface area contributed by atoms with E-state index < -0.39 is 6.10 Å². The normalized spacial score (nSPS) is 13.2. The minimum Gasteiger partial charge on any atom is -0.385 e. The molecule has 0 amide bonds. The van der Waals surface area contributed by atoms with Gasteiger partial charge in [0.25, 0.3) is 0 Å². The first-order chi connectivity index (χ1) is 4.22. The number of Topliss-reactive ketones (excluding diaryl/α,β-unsaturated/α-hetero) is 1. The van der Waals surface area contributed by atoms with Crippen molar-refractivity contribution in [2.45, 2.75) is 25.9 Å². The molecule has 0 fully saturated rings. The lowest BCUT2D eigenvalue weighted by molar-refractivity contribution is -0.125. The van der Waals surface area contributed by atoms with Crippen LogP contribution in [0.4, 0.5) is 0 Å². The Morgan fingerprint density at radius 2 is 2.33 bits per heavy atom. The van der Waals surface area contributed by atoms with E-state index in [1.165, 1.54) is 0 Å². The van der Waals surface area contributed by atoms with E-state index in [0.717, 1.165) is 6.42 Å². The fraction of sp³-hybridized carbons (Fsp3) is 0.833. The second-order valence-electron chi connectivity index (χ2n) is 1.97. The Bertz CT molecular complexity index is 93.1. The van der Waals surface area contributed by atoms with Gasteiger partial charge in [-0.05, 0) is 6.42 Å². The number of nitrogens with two attached hydrogens (primary N) is 1. The molecule has 0 aliphatic heterocycles. The third-order valence-corrected chi connectivity index (χ3v) is 1.13. The van der Waals surface area contributed by atoms with Gasteiger partial charge >= 0.3 is 0 Å². The first kappa shape index (κ1) is 8.59. The summed E-state index contributed by atoms with van der Waals surface area (Å²) in [7, 11) is 0. The quantitative estimate of drug-likeness (QED) is 0.549. The Kier molecular flexibility index (Phi) is 4.26. The number of carbonyl (C=O) groups is 1. The van der Waals surface area contributed by atoms with Crippen LogP contribution in [-0.2, 0) is 4.79 Å². The maximum Gasteiger partial charge on any atom is 0.174 e. The van der Waals surface area contributed by atoms with Gasteiger partial charge in [0.15, 0.2) is 5.78 Å². The van der Waals surface area contributed by atoms with Crippen LogP contribution in [0, 0.1) is 0 Å². The number of aliphatic hydroxyl groups excluding tert-OH is 1. The molecule has 0 heterocycles. The summed E-state index contributed by atoms with van der Waals surface area (Å²) < 4.78 is 0. The summed E-state index contributed by atoms with van der Waals surface area (Å²) in [6.45, 7) is 1.86. The standard InChI is InChI=1S/C6H13NO2/c1-2-3-5(8)6(9)4-7/h5,8H,2-4,7H2,1H3. The molecule has 0 aromatic carbocycles. The zero-order chi connectivity index (χ0) is 7.28. The Hall–Kier alpha value is -0.410. The van der Waals surface area contributed by atoms with Gasteiger partial charge in [-0.25, -0.2) is 0 Å². The summed E-state index contributed by atoms with van der Waals surface area (Å²) in [5, 5.41) is 8.89. The Labute approximate surface area is 54.9 Å². The van der Waals surface area contributed by atoms with Crippen LogP contribution in [0.5, 0.6) is 0 Å². The fourth-order valence-electron chi connectivity index (χ4n) is 0.570. The summed E-state index contributed by atoms with van der Waals surface area (Å²) in [6.07, 6.45) is 0.503. The Balaban J connectivity index is 3.45. The molecule has 0 bridgehead atoms. The second kappa shape index (κ2) is 4.47. The van der Waals surface area contributed by atoms with E-state index in [9.17, 15) is 4.79 Å². The van der Waals surface area contributed by atoms with E-state index in [2.05, 4.69) is 0 Å². The third-order valence-electron chi connectivity index (χ3n) is 1.13. The SMILES string of the molecule is CCCC(O)C(=O)CN. The minimum atomic E-state index is -0.833. The topological polar surface area (TPSA) is 63.3 Å². The number of carbonyl (C=O) groups excluding carboxylic acids is 1. The smallest absolute Gasteiger partial charge is 0.174 e. The van der Waals surface area contributed by atoms with Crippen molar-refractivity contribution in [2.24, 2.45) is 5.73 Å². The average Bonchev–Trinajstić information content (AvgIpc) is 1.87. The number of hydrogen-bond acceptors (Lipinski definition) is 3. The number of ketones is 1. The van der Waals surface area contributed by atoms with Gasteiger partial charge in [0.05, 0.1) is 6.54 Å². The highest BCUT2D eigenvalue weighted by molar-refractivity contribution is 5.84. The third kappa shape index (κ3) is 3.21. The molecular formula is C6H13NO2. The van der Waals surface area contributed by atoms with Crippen LogP contribution in [0.3, 0.4) is 0 Å². The predicted molar refractivity (Wildman–Crippen MR) is 35.0 cm³/mol. The molecular weight excluding hydrogens is 118 g/mol. The zero-order valence-electron chi connectivity index (χ0n) is 5.63. The van der Waals surface area contributed by atoms with Gasteiger partial charge in [-0.3, -0.25) is 4.79 Å². The number of aliphatic hydroxyl groups is 1. The van der Waals surface area contributed by atoms with Gasteiger partial charge in [-0.15, -0.1) is 0 Å². The van der Waals surface area contributed by atoms with Crippen LogP contribution in [-0.4, -0.2) is 23.5 Å². The van der Waals surface area contributed by atoms with Gasteiger partial charge in [0.2, 0.25) is 0 Å². The van der Waals surface area contributed by atoms with E-state index in [1.807, 2.05) is 6.92 Å². The van der Waals surface area contributed by atoms with Crippen molar-refractivity contribution >= 4 is 5.78 Å². The lowest BCUT2D eigenvalue weighted by atomic mass is 10.1. The van der Waals surface area contributed by atoms with E-state index in [-0.39, 0.29) is 12.3 Å². The summed E-state index contributed by atoms with van der Waals surface area (Å²) in [5.41, 5.74) is 4.99. The molecule has 0 radical (unpaired) electrons. The number of hydrogen-bond donors (Lipinski definition) is 2. The number of rotatable bonds is 4. The molecule has 0 spiro atoms. The molecule has 1 atom stereocenters. The van der Waals surface area contributed by atoms with Crippen molar-refractivity contribution in [2.75, 3.05) is 6.54 Å². The molecule has 1 unspecified atom stereocenters. The summed E-state index contributed by atoms with van der Waals surface area (Å²) >= 11 is 0.